The molecule has 0 saturated carbocycles. The third-order valence-corrected chi connectivity index (χ3v) is 2.33. The van der Waals surface area contributed by atoms with Crippen molar-refractivity contribution in [2.24, 2.45) is 0 Å². The predicted molar refractivity (Wildman–Crippen MR) is 57.9 cm³/mol. The van der Waals surface area contributed by atoms with E-state index in [0.717, 1.165) is 11.1 Å². The molecule has 0 bridgehead atoms. The van der Waals surface area contributed by atoms with Crippen LogP contribution >= 0.6 is 0 Å². The largest absolute Gasteiger partial charge is 0.443 e. The number of methoxy groups -OCH3 is 1. The standard InChI is InChI=1S/C11H12N2O3/c1-8-5-3-4-6-9(8)10-12-16-11(14)13(10)7-15-2/h3-6H,7H2,1-2H3. The molecule has 0 N–H and O–H groups in total. The first kappa shape index (κ1) is 10.6. The van der Waals surface area contributed by atoms with Crippen LogP contribution in [0.1, 0.15) is 5.56 Å². The zero-order valence-electron chi connectivity index (χ0n) is 9.14. The van der Waals surface area contributed by atoms with Crippen LogP contribution in [0.15, 0.2) is 33.6 Å². The summed E-state index contributed by atoms with van der Waals surface area (Å²) in [6.07, 6.45) is 0. The molecule has 0 amide bonds. The normalized spacial score (nSPS) is 10.6. The van der Waals surface area contributed by atoms with Gasteiger partial charge >= 0.3 is 5.76 Å². The quantitative estimate of drug-likeness (QED) is 0.784. The first-order chi connectivity index (χ1) is 7.74. The molecule has 0 atom stereocenters. The highest BCUT2D eigenvalue weighted by Gasteiger charge is 2.13. The van der Waals surface area contributed by atoms with Crippen molar-refractivity contribution in [2.75, 3.05) is 7.11 Å². The van der Waals surface area contributed by atoms with Gasteiger partial charge in [-0.15, -0.1) is 0 Å². The predicted octanol–water partition coefficient (Wildman–Crippen LogP) is 1.42. The highest BCUT2D eigenvalue weighted by molar-refractivity contribution is 5.59. The average Bonchev–Trinajstić information content (AvgIpc) is 2.62. The number of benzene rings is 1. The molecule has 1 aromatic heterocycles. The second-order valence-corrected chi connectivity index (χ2v) is 3.43. The molecule has 0 aliphatic heterocycles. The van der Waals surface area contributed by atoms with Crippen molar-refractivity contribution in [1.29, 1.82) is 0 Å². The Morgan fingerprint density at radius 1 is 1.44 bits per heavy atom. The van der Waals surface area contributed by atoms with E-state index in [4.69, 9.17) is 4.74 Å². The molecule has 16 heavy (non-hydrogen) atoms. The van der Waals surface area contributed by atoms with Crippen molar-refractivity contribution in [3.63, 3.8) is 0 Å². The Kier molecular flexibility index (Phi) is 2.87. The van der Waals surface area contributed by atoms with Gasteiger partial charge < -0.3 is 4.74 Å². The van der Waals surface area contributed by atoms with Crippen LogP contribution in [0.3, 0.4) is 0 Å². The minimum absolute atomic E-state index is 0.131. The van der Waals surface area contributed by atoms with E-state index in [1.54, 1.807) is 0 Å². The third-order valence-electron chi connectivity index (χ3n) is 2.33. The molecule has 5 nitrogen and oxygen atoms in total. The van der Waals surface area contributed by atoms with Crippen LogP contribution in [0.4, 0.5) is 0 Å². The first-order valence-corrected chi connectivity index (χ1v) is 4.85. The molecule has 0 aliphatic carbocycles. The molecule has 2 aromatic rings. The van der Waals surface area contributed by atoms with Crippen molar-refractivity contribution in [3.05, 3.63) is 40.4 Å². The van der Waals surface area contributed by atoms with E-state index in [9.17, 15) is 4.79 Å². The van der Waals surface area contributed by atoms with E-state index in [2.05, 4.69) is 9.68 Å². The van der Waals surface area contributed by atoms with E-state index >= 15 is 0 Å². The molecular weight excluding hydrogens is 208 g/mol. The summed E-state index contributed by atoms with van der Waals surface area (Å²) in [6.45, 7) is 2.08. The summed E-state index contributed by atoms with van der Waals surface area (Å²) in [6, 6.07) is 7.65. The summed E-state index contributed by atoms with van der Waals surface area (Å²) in [5, 5.41) is 3.76. The molecule has 5 heteroatoms. The van der Waals surface area contributed by atoms with E-state index in [-0.39, 0.29) is 6.73 Å². The summed E-state index contributed by atoms with van der Waals surface area (Å²) in [4.78, 5) is 11.4. The summed E-state index contributed by atoms with van der Waals surface area (Å²) < 4.78 is 10.9. The Hall–Kier alpha value is -1.88. The number of hydrogen-bond acceptors (Lipinski definition) is 4. The van der Waals surface area contributed by atoms with Crippen molar-refractivity contribution < 1.29 is 9.26 Å². The van der Waals surface area contributed by atoms with Crippen molar-refractivity contribution in [2.45, 2.75) is 13.7 Å². The van der Waals surface area contributed by atoms with Crippen LogP contribution in [-0.4, -0.2) is 16.8 Å². The van der Waals surface area contributed by atoms with Gasteiger partial charge in [0.2, 0.25) is 0 Å². The second kappa shape index (κ2) is 4.32. The third kappa shape index (κ3) is 1.77. The Labute approximate surface area is 92.3 Å². The van der Waals surface area contributed by atoms with Crippen molar-refractivity contribution >= 4 is 0 Å². The maximum atomic E-state index is 11.4. The van der Waals surface area contributed by atoms with Gasteiger partial charge in [-0.1, -0.05) is 29.4 Å². The van der Waals surface area contributed by atoms with E-state index < -0.39 is 5.76 Å². The molecule has 0 radical (unpaired) electrons. The highest BCUT2D eigenvalue weighted by Crippen LogP contribution is 2.19. The number of hydrogen-bond donors (Lipinski definition) is 0. The molecule has 0 spiro atoms. The summed E-state index contributed by atoms with van der Waals surface area (Å²) in [7, 11) is 1.51. The summed E-state index contributed by atoms with van der Waals surface area (Å²) >= 11 is 0. The van der Waals surface area contributed by atoms with Gasteiger partial charge in [0.25, 0.3) is 0 Å². The van der Waals surface area contributed by atoms with Crippen LogP contribution in [0, 0.1) is 6.92 Å². The van der Waals surface area contributed by atoms with E-state index in [0.29, 0.717) is 5.82 Å². The van der Waals surface area contributed by atoms with E-state index in [1.165, 1.54) is 11.7 Å². The molecule has 1 heterocycles. The van der Waals surface area contributed by atoms with Crippen molar-refractivity contribution in [1.82, 2.24) is 9.72 Å². The SMILES string of the molecule is COCn1c(-c2ccccc2C)noc1=O. The molecule has 0 saturated heterocycles. The highest BCUT2D eigenvalue weighted by atomic mass is 16.5. The molecule has 0 unspecified atom stereocenters. The van der Waals surface area contributed by atoms with Crippen LogP contribution < -0.4 is 5.76 Å². The lowest BCUT2D eigenvalue weighted by atomic mass is 10.1. The maximum Gasteiger partial charge on any atom is 0.443 e. The molecule has 84 valence electrons. The lowest BCUT2D eigenvalue weighted by molar-refractivity contribution is 0.126. The van der Waals surface area contributed by atoms with Gasteiger partial charge in [0.1, 0.15) is 6.73 Å². The molecule has 2 rings (SSSR count). The van der Waals surface area contributed by atoms with Gasteiger partial charge in [-0.05, 0) is 12.5 Å². The minimum Gasteiger partial charge on any atom is -0.364 e. The van der Waals surface area contributed by atoms with Gasteiger partial charge in [0.05, 0.1) is 0 Å². The molecule has 0 fully saturated rings. The van der Waals surface area contributed by atoms with Crippen LogP contribution in [0.25, 0.3) is 11.4 Å². The number of rotatable bonds is 3. The van der Waals surface area contributed by atoms with E-state index in [1.807, 2.05) is 31.2 Å². The zero-order valence-corrected chi connectivity index (χ0v) is 9.14. The molecule has 0 aliphatic rings. The topological polar surface area (TPSA) is 57.3 Å². The molecule has 1 aromatic carbocycles. The van der Waals surface area contributed by atoms with Gasteiger partial charge in [-0.2, -0.15) is 0 Å². The van der Waals surface area contributed by atoms with Gasteiger partial charge in [0, 0.05) is 12.7 Å². The van der Waals surface area contributed by atoms with Gasteiger partial charge in [-0.25, -0.2) is 9.36 Å². The smallest absolute Gasteiger partial charge is 0.364 e. The Morgan fingerprint density at radius 3 is 2.88 bits per heavy atom. The van der Waals surface area contributed by atoms with Crippen LogP contribution in [-0.2, 0) is 11.5 Å². The maximum absolute atomic E-state index is 11.4. The Bertz CT molecular complexity index is 542. The van der Waals surface area contributed by atoms with Gasteiger partial charge in [0.15, 0.2) is 5.82 Å². The fourth-order valence-corrected chi connectivity index (χ4v) is 1.53. The lowest BCUT2D eigenvalue weighted by Gasteiger charge is -2.05. The monoisotopic (exact) mass is 220 g/mol. The van der Waals surface area contributed by atoms with Crippen molar-refractivity contribution in [3.8, 4) is 11.4 Å². The second-order valence-electron chi connectivity index (χ2n) is 3.43. The fraction of sp³-hybridized carbons (Fsp3) is 0.273. The van der Waals surface area contributed by atoms with Gasteiger partial charge in [-0.3, -0.25) is 4.52 Å². The summed E-state index contributed by atoms with van der Waals surface area (Å²) in [5.74, 6) is -0.0231. The fourth-order valence-electron chi connectivity index (χ4n) is 1.53. The lowest BCUT2D eigenvalue weighted by Crippen LogP contribution is -2.16. The minimum atomic E-state index is -0.514. The zero-order chi connectivity index (χ0) is 11.5. The van der Waals surface area contributed by atoms with Crippen LogP contribution in [0.5, 0.6) is 0 Å². The number of ether oxygens (including phenoxy) is 1. The first-order valence-electron chi connectivity index (χ1n) is 4.85. The Morgan fingerprint density at radius 2 is 2.19 bits per heavy atom. The summed E-state index contributed by atoms with van der Waals surface area (Å²) in [5.41, 5.74) is 1.89. The number of aryl methyl sites for hydroxylation is 1. The van der Waals surface area contributed by atoms with Crippen LogP contribution in [0.2, 0.25) is 0 Å². The average molecular weight is 220 g/mol. The molecular formula is C11H12N2O3. The Balaban J connectivity index is 2.56. The number of aromatic nitrogens is 2. The number of nitrogens with zero attached hydrogens (tertiary/aromatic N) is 2.